The summed E-state index contributed by atoms with van der Waals surface area (Å²) in [5.74, 6) is 0.242. The summed E-state index contributed by atoms with van der Waals surface area (Å²) in [7, 11) is 0. The highest BCUT2D eigenvalue weighted by Crippen LogP contribution is 2.37. The third-order valence-electron chi connectivity index (χ3n) is 5.31. The highest BCUT2D eigenvalue weighted by molar-refractivity contribution is 5.94. The van der Waals surface area contributed by atoms with Gasteiger partial charge in [0, 0.05) is 18.5 Å². The van der Waals surface area contributed by atoms with Crippen molar-refractivity contribution in [3.63, 3.8) is 0 Å². The number of carbonyl (C=O) groups excluding carboxylic acids is 2. The number of hydrogen-bond donors (Lipinski definition) is 1. The fraction of sp³-hybridized carbons (Fsp3) is 0.320. The molecule has 0 spiro atoms. The first-order valence-electron chi connectivity index (χ1n) is 10.7. The van der Waals surface area contributed by atoms with Gasteiger partial charge in [-0.3, -0.25) is 9.59 Å². The largest absolute Gasteiger partial charge is 0.407 e. The van der Waals surface area contributed by atoms with Crippen molar-refractivity contribution in [2.24, 2.45) is 5.92 Å². The summed E-state index contributed by atoms with van der Waals surface area (Å²) < 4.78 is 7.37. The molecule has 0 radical (unpaired) electrons. The van der Waals surface area contributed by atoms with Crippen molar-refractivity contribution in [3.8, 4) is 22.7 Å². The van der Waals surface area contributed by atoms with E-state index in [9.17, 15) is 9.59 Å². The number of aromatic nitrogens is 2. The molecule has 0 saturated heterocycles. The average Bonchev–Trinajstić information content (AvgIpc) is 3.54. The number of aryl methyl sites for hydroxylation is 2. The number of amides is 1. The first-order chi connectivity index (χ1) is 15.0. The number of ether oxygens (including phenoxy) is 1. The Kier molecular flexibility index (Phi) is 5.89. The van der Waals surface area contributed by atoms with Gasteiger partial charge in [-0.15, -0.1) is 0 Å². The molecule has 0 unspecified atom stereocenters. The smallest absolute Gasteiger partial charge is 0.309 e. The summed E-state index contributed by atoms with van der Waals surface area (Å²) in [6, 6.07) is 15.6. The number of hydrogen-bond acceptors (Lipinski definition) is 4. The van der Waals surface area contributed by atoms with E-state index < -0.39 is 5.97 Å². The van der Waals surface area contributed by atoms with Crippen LogP contribution in [0, 0.1) is 12.8 Å². The van der Waals surface area contributed by atoms with Gasteiger partial charge in [0.05, 0.1) is 16.9 Å². The van der Waals surface area contributed by atoms with Crippen LogP contribution in [-0.2, 0) is 16.0 Å². The zero-order chi connectivity index (χ0) is 22.0. The molecule has 2 aromatic carbocycles. The molecule has 0 atom stereocenters. The normalized spacial score (nSPS) is 13.1. The van der Waals surface area contributed by atoms with E-state index in [-0.39, 0.29) is 11.8 Å². The average molecular weight is 418 g/mol. The zero-order valence-electron chi connectivity index (χ0n) is 18.1. The lowest BCUT2D eigenvalue weighted by Gasteiger charge is -2.10. The maximum atomic E-state index is 12.0. The van der Waals surface area contributed by atoms with Crippen molar-refractivity contribution in [2.75, 3.05) is 5.32 Å². The van der Waals surface area contributed by atoms with Crippen LogP contribution in [0.3, 0.4) is 0 Å². The Hall–Kier alpha value is -3.41. The lowest BCUT2D eigenvalue weighted by Crippen LogP contribution is -2.13. The number of nitrogens with one attached hydrogen (secondary N) is 1. The number of benzene rings is 2. The molecule has 1 fully saturated rings. The summed E-state index contributed by atoms with van der Waals surface area (Å²) in [5.41, 5.74) is 5.30. The molecular weight excluding hydrogens is 390 g/mol. The van der Waals surface area contributed by atoms with Gasteiger partial charge in [-0.05, 0) is 56.0 Å². The Morgan fingerprint density at radius 3 is 2.35 bits per heavy atom. The maximum absolute atomic E-state index is 12.0. The van der Waals surface area contributed by atoms with E-state index in [1.54, 1.807) is 4.68 Å². The van der Waals surface area contributed by atoms with E-state index in [0.717, 1.165) is 59.4 Å². The van der Waals surface area contributed by atoms with Crippen LogP contribution in [0.1, 0.15) is 44.4 Å². The van der Waals surface area contributed by atoms with Gasteiger partial charge in [0.25, 0.3) is 0 Å². The second-order valence-electron chi connectivity index (χ2n) is 8.06. The molecule has 1 amide bonds. The van der Waals surface area contributed by atoms with Gasteiger partial charge < -0.3 is 10.1 Å². The topological polar surface area (TPSA) is 73.2 Å². The highest BCUT2D eigenvalue weighted by atomic mass is 16.5. The monoisotopic (exact) mass is 417 g/mol. The molecule has 0 aliphatic heterocycles. The molecule has 6 heteroatoms. The van der Waals surface area contributed by atoms with Crippen LogP contribution in [0.5, 0.6) is 5.88 Å². The molecule has 1 aliphatic carbocycles. The van der Waals surface area contributed by atoms with E-state index in [2.05, 4.69) is 12.2 Å². The molecule has 1 N–H and O–H groups in total. The van der Waals surface area contributed by atoms with Gasteiger partial charge >= 0.3 is 5.97 Å². The number of carbonyl (C=O) groups is 2. The minimum atomic E-state index is -0.397. The fourth-order valence-corrected chi connectivity index (χ4v) is 3.55. The van der Waals surface area contributed by atoms with Crippen molar-refractivity contribution >= 4 is 17.6 Å². The van der Waals surface area contributed by atoms with Gasteiger partial charge in [-0.25, -0.2) is 0 Å². The molecule has 4 rings (SSSR count). The van der Waals surface area contributed by atoms with Crippen LogP contribution >= 0.6 is 0 Å². The second-order valence-corrected chi connectivity index (χ2v) is 8.06. The van der Waals surface area contributed by atoms with Crippen LogP contribution in [0.2, 0.25) is 0 Å². The molecule has 0 bridgehead atoms. The Bertz CT molecular complexity index is 1090. The minimum absolute atomic E-state index is 0.0761. The molecule has 1 heterocycles. The summed E-state index contributed by atoms with van der Waals surface area (Å²) >= 11 is 0. The van der Waals surface area contributed by atoms with Gasteiger partial charge in [0.15, 0.2) is 0 Å². The third kappa shape index (κ3) is 4.68. The van der Waals surface area contributed by atoms with Crippen molar-refractivity contribution in [2.45, 2.75) is 46.5 Å². The fourth-order valence-electron chi connectivity index (χ4n) is 3.55. The van der Waals surface area contributed by atoms with Gasteiger partial charge in [0.1, 0.15) is 0 Å². The molecule has 1 aliphatic rings. The van der Waals surface area contributed by atoms with E-state index in [4.69, 9.17) is 9.84 Å². The number of rotatable bonds is 7. The Morgan fingerprint density at radius 1 is 1.10 bits per heavy atom. The Balaban J connectivity index is 1.76. The molecule has 6 nitrogen and oxygen atoms in total. The number of anilines is 1. The van der Waals surface area contributed by atoms with Crippen LogP contribution in [0.15, 0.2) is 48.5 Å². The summed E-state index contributed by atoms with van der Waals surface area (Å²) in [5, 5.41) is 7.76. The van der Waals surface area contributed by atoms with Gasteiger partial charge in [-0.1, -0.05) is 43.2 Å². The van der Waals surface area contributed by atoms with Crippen molar-refractivity contribution < 1.29 is 14.3 Å². The molecular formula is C25H27N3O3. The predicted octanol–water partition coefficient (Wildman–Crippen LogP) is 5.07. The SMILES string of the molecule is CCCc1nn(-c2ccc(C)cc2)c(OC(C)=O)c1-c1ccc(NC(=O)C2CC2)cc1. The molecule has 3 aromatic rings. The van der Waals surface area contributed by atoms with Crippen LogP contribution in [-0.4, -0.2) is 21.7 Å². The second kappa shape index (κ2) is 8.76. The highest BCUT2D eigenvalue weighted by Gasteiger charge is 2.29. The van der Waals surface area contributed by atoms with Gasteiger partial charge in [-0.2, -0.15) is 9.78 Å². The Morgan fingerprint density at radius 2 is 1.77 bits per heavy atom. The predicted molar refractivity (Wildman–Crippen MR) is 120 cm³/mol. The van der Waals surface area contributed by atoms with E-state index in [0.29, 0.717) is 5.88 Å². The van der Waals surface area contributed by atoms with Crippen molar-refractivity contribution in [1.82, 2.24) is 9.78 Å². The minimum Gasteiger partial charge on any atom is -0.407 e. The molecule has 1 aromatic heterocycles. The quantitative estimate of drug-likeness (QED) is 0.545. The number of nitrogens with zero attached hydrogens (tertiary/aromatic N) is 2. The summed E-state index contributed by atoms with van der Waals surface area (Å²) in [4.78, 5) is 24.0. The third-order valence-corrected chi connectivity index (χ3v) is 5.31. The van der Waals surface area contributed by atoms with Crippen LogP contribution in [0.4, 0.5) is 5.69 Å². The van der Waals surface area contributed by atoms with E-state index in [1.807, 2.05) is 55.5 Å². The van der Waals surface area contributed by atoms with Crippen molar-refractivity contribution in [1.29, 1.82) is 0 Å². The van der Waals surface area contributed by atoms with Crippen LogP contribution in [0.25, 0.3) is 16.8 Å². The van der Waals surface area contributed by atoms with Gasteiger partial charge in [0.2, 0.25) is 11.8 Å². The lowest BCUT2D eigenvalue weighted by atomic mass is 10.0. The zero-order valence-corrected chi connectivity index (χ0v) is 18.1. The maximum Gasteiger partial charge on any atom is 0.309 e. The molecule has 31 heavy (non-hydrogen) atoms. The van der Waals surface area contributed by atoms with E-state index in [1.165, 1.54) is 6.92 Å². The molecule has 160 valence electrons. The first-order valence-corrected chi connectivity index (χ1v) is 10.7. The number of esters is 1. The molecule has 1 saturated carbocycles. The summed E-state index contributed by atoms with van der Waals surface area (Å²) in [6.45, 7) is 5.51. The first kappa shape index (κ1) is 20.8. The Labute approximate surface area is 182 Å². The van der Waals surface area contributed by atoms with Crippen molar-refractivity contribution in [3.05, 3.63) is 59.8 Å². The summed E-state index contributed by atoms with van der Waals surface area (Å²) in [6.07, 6.45) is 3.60. The van der Waals surface area contributed by atoms with Crippen LogP contribution < -0.4 is 10.1 Å². The standard InChI is InChI=1S/C25H27N3O3/c1-4-5-22-23(18-10-12-20(13-11-18)26-24(30)19-8-9-19)25(31-17(3)29)28(27-22)21-14-6-16(2)7-15-21/h6-7,10-15,19H,4-5,8-9H2,1-3H3,(H,26,30). The van der Waals surface area contributed by atoms with E-state index >= 15 is 0 Å². The lowest BCUT2D eigenvalue weighted by molar-refractivity contribution is -0.132.